The summed E-state index contributed by atoms with van der Waals surface area (Å²) in [5.74, 6) is 1.47. The van der Waals surface area contributed by atoms with Crippen LogP contribution in [0.25, 0.3) is 6.08 Å². The zero-order valence-corrected chi connectivity index (χ0v) is 15.2. The Balaban J connectivity index is 1.86. The Morgan fingerprint density at radius 1 is 1.00 bits per heavy atom. The average Bonchev–Trinajstić information content (AvgIpc) is 2.62. The fourth-order valence-electron chi connectivity index (χ4n) is 2.24. The molecule has 0 aliphatic rings. The van der Waals surface area contributed by atoms with E-state index in [1.54, 1.807) is 6.08 Å². The van der Waals surface area contributed by atoms with Crippen molar-refractivity contribution in [1.82, 2.24) is 0 Å². The van der Waals surface area contributed by atoms with Crippen LogP contribution in [-0.4, -0.2) is 12.6 Å². The highest BCUT2D eigenvalue weighted by Gasteiger charge is 2.03. The van der Waals surface area contributed by atoms with Crippen LogP contribution in [0.4, 0.5) is 0 Å². The number of benzene rings is 2. The zero-order chi connectivity index (χ0) is 18.1. The van der Waals surface area contributed by atoms with E-state index in [1.807, 2.05) is 48.5 Å². The molecule has 3 nitrogen and oxygen atoms in total. The highest BCUT2D eigenvalue weighted by Crippen LogP contribution is 2.19. The van der Waals surface area contributed by atoms with E-state index in [2.05, 4.69) is 20.8 Å². The third-order valence-electron chi connectivity index (χ3n) is 3.82. The molecule has 2 aromatic carbocycles. The van der Waals surface area contributed by atoms with Crippen molar-refractivity contribution in [3.8, 4) is 11.5 Å². The molecular formula is C22H26O3. The molecule has 0 unspecified atom stereocenters. The van der Waals surface area contributed by atoms with Crippen molar-refractivity contribution in [2.75, 3.05) is 6.61 Å². The lowest BCUT2D eigenvalue weighted by Crippen LogP contribution is -2.03. The minimum Gasteiger partial charge on any atom is -0.494 e. The van der Waals surface area contributed by atoms with Crippen molar-refractivity contribution in [3.05, 3.63) is 65.7 Å². The van der Waals surface area contributed by atoms with Crippen molar-refractivity contribution in [3.63, 3.8) is 0 Å². The number of esters is 1. The summed E-state index contributed by atoms with van der Waals surface area (Å²) in [6, 6.07) is 15.3. The van der Waals surface area contributed by atoms with Gasteiger partial charge < -0.3 is 9.47 Å². The molecule has 0 aromatic heterocycles. The topological polar surface area (TPSA) is 35.5 Å². The van der Waals surface area contributed by atoms with Crippen molar-refractivity contribution < 1.29 is 14.3 Å². The van der Waals surface area contributed by atoms with E-state index < -0.39 is 0 Å². The smallest absolute Gasteiger partial charge is 0.336 e. The largest absolute Gasteiger partial charge is 0.494 e. The number of hydrogen-bond donors (Lipinski definition) is 0. The SMILES string of the molecule is CCCCOc1ccc(/C=C/C(=O)Oc2ccc(C(C)C)cc2)cc1. The maximum Gasteiger partial charge on any atom is 0.336 e. The predicted octanol–water partition coefficient (Wildman–Crippen LogP) is 5.61. The Morgan fingerprint density at radius 2 is 1.64 bits per heavy atom. The first kappa shape index (κ1) is 18.8. The molecular weight excluding hydrogens is 312 g/mol. The lowest BCUT2D eigenvalue weighted by atomic mass is 10.0. The summed E-state index contributed by atoms with van der Waals surface area (Å²) in [7, 11) is 0. The Bertz CT molecular complexity index is 682. The van der Waals surface area contributed by atoms with Gasteiger partial charge in [0.15, 0.2) is 0 Å². The summed E-state index contributed by atoms with van der Waals surface area (Å²) < 4.78 is 10.9. The number of hydrogen-bond acceptors (Lipinski definition) is 3. The molecule has 0 amide bonds. The molecule has 0 aliphatic heterocycles. The minimum absolute atomic E-state index is 0.388. The fraction of sp³-hybridized carbons (Fsp3) is 0.318. The molecule has 0 radical (unpaired) electrons. The first-order valence-corrected chi connectivity index (χ1v) is 8.81. The highest BCUT2D eigenvalue weighted by molar-refractivity contribution is 5.88. The van der Waals surface area contributed by atoms with Crippen LogP contribution < -0.4 is 9.47 Å². The second-order valence-electron chi connectivity index (χ2n) is 6.25. The molecule has 0 saturated carbocycles. The Labute approximate surface area is 150 Å². The van der Waals surface area contributed by atoms with E-state index in [0.717, 1.165) is 30.8 Å². The van der Waals surface area contributed by atoms with Gasteiger partial charge in [-0.05, 0) is 53.8 Å². The molecule has 0 bridgehead atoms. The van der Waals surface area contributed by atoms with E-state index in [1.165, 1.54) is 11.6 Å². The first-order chi connectivity index (χ1) is 12.1. The van der Waals surface area contributed by atoms with Crippen molar-refractivity contribution >= 4 is 12.0 Å². The lowest BCUT2D eigenvalue weighted by Gasteiger charge is -2.06. The summed E-state index contributed by atoms with van der Waals surface area (Å²) >= 11 is 0. The van der Waals surface area contributed by atoms with Crippen LogP contribution in [0.15, 0.2) is 54.6 Å². The fourth-order valence-corrected chi connectivity index (χ4v) is 2.24. The Hall–Kier alpha value is -2.55. The first-order valence-electron chi connectivity index (χ1n) is 8.81. The summed E-state index contributed by atoms with van der Waals surface area (Å²) in [6.45, 7) is 7.12. The lowest BCUT2D eigenvalue weighted by molar-refractivity contribution is -0.128. The van der Waals surface area contributed by atoms with Crippen LogP contribution in [0, 0.1) is 0 Å². The molecule has 0 fully saturated rings. The second kappa shape index (κ2) is 9.67. The van der Waals surface area contributed by atoms with Gasteiger partial charge >= 0.3 is 5.97 Å². The van der Waals surface area contributed by atoms with Gasteiger partial charge in [-0.2, -0.15) is 0 Å². The highest BCUT2D eigenvalue weighted by atomic mass is 16.5. The van der Waals surface area contributed by atoms with Gasteiger partial charge in [-0.15, -0.1) is 0 Å². The van der Waals surface area contributed by atoms with Crippen LogP contribution in [0.2, 0.25) is 0 Å². The van der Waals surface area contributed by atoms with Gasteiger partial charge in [0.25, 0.3) is 0 Å². The van der Waals surface area contributed by atoms with Gasteiger partial charge in [-0.25, -0.2) is 4.79 Å². The maximum absolute atomic E-state index is 11.9. The monoisotopic (exact) mass is 338 g/mol. The molecule has 3 heteroatoms. The molecule has 2 aromatic rings. The third-order valence-corrected chi connectivity index (χ3v) is 3.82. The molecule has 132 valence electrons. The quantitative estimate of drug-likeness (QED) is 0.272. The van der Waals surface area contributed by atoms with E-state index in [0.29, 0.717) is 11.7 Å². The van der Waals surface area contributed by atoms with E-state index in [4.69, 9.17) is 9.47 Å². The van der Waals surface area contributed by atoms with Crippen LogP contribution in [0.3, 0.4) is 0 Å². The van der Waals surface area contributed by atoms with Crippen molar-refractivity contribution in [2.45, 2.75) is 39.5 Å². The molecule has 0 heterocycles. The predicted molar refractivity (Wildman–Crippen MR) is 102 cm³/mol. The van der Waals surface area contributed by atoms with Gasteiger partial charge in [-0.3, -0.25) is 0 Å². The molecule has 0 N–H and O–H groups in total. The van der Waals surface area contributed by atoms with E-state index in [-0.39, 0.29) is 5.97 Å². The zero-order valence-electron chi connectivity index (χ0n) is 15.2. The second-order valence-corrected chi connectivity index (χ2v) is 6.25. The van der Waals surface area contributed by atoms with Crippen LogP contribution >= 0.6 is 0 Å². The Morgan fingerprint density at radius 3 is 2.24 bits per heavy atom. The van der Waals surface area contributed by atoms with Crippen LogP contribution in [-0.2, 0) is 4.79 Å². The Kier molecular flexibility index (Phi) is 7.27. The maximum atomic E-state index is 11.9. The van der Waals surface area contributed by atoms with Gasteiger partial charge in [0.2, 0.25) is 0 Å². The molecule has 25 heavy (non-hydrogen) atoms. The number of unbranched alkanes of at least 4 members (excludes halogenated alkanes) is 1. The number of ether oxygens (including phenoxy) is 2. The van der Waals surface area contributed by atoms with Gasteiger partial charge in [-0.1, -0.05) is 51.5 Å². The van der Waals surface area contributed by atoms with Crippen molar-refractivity contribution in [1.29, 1.82) is 0 Å². The van der Waals surface area contributed by atoms with Crippen molar-refractivity contribution in [2.24, 2.45) is 0 Å². The van der Waals surface area contributed by atoms with E-state index >= 15 is 0 Å². The molecule has 0 atom stereocenters. The summed E-state index contributed by atoms with van der Waals surface area (Å²) in [5, 5.41) is 0. The number of carbonyl (C=O) groups excluding carboxylic acids is 1. The third kappa shape index (κ3) is 6.46. The summed E-state index contributed by atoms with van der Waals surface area (Å²) in [4.78, 5) is 11.9. The summed E-state index contributed by atoms with van der Waals surface area (Å²) in [6.07, 6.45) is 5.33. The van der Waals surface area contributed by atoms with Gasteiger partial charge in [0, 0.05) is 6.08 Å². The molecule has 0 saturated heterocycles. The van der Waals surface area contributed by atoms with Gasteiger partial charge in [0.05, 0.1) is 6.61 Å². The number of carbonyl (C=O) groups is 1. The molecule has 2 rings (SSSR count). The standard InChI is InChI=1S/C22H26O3/c1-4-5-16-24-20-11-6-18(7-12-20)8-15-22(23)25-21-13-9-19(10-14-21)17(2)3/h6-15,17H,4-5,16H2,1-3H3/b15-8+. The molecule has 0 spiro atoms. The summed E-state index contributed by atoms with van der Waals surface area (Å²) in [5.41, 5.74) is 2.14. The normalized spacial score (nSPS) is 11.0. The van der Waals surface area contributed by atoms with E-state index in [9.17, 15) is 4.79 Å². The minimum atomic E-state index is -0.388. The van der Waals surface area contributed by atoms with Gasteiger partial charge in [0.1, 0.15) is 11.5 Å². The van der Waals surface area contributed by atoms with Crippen LogP contribution in [0.1, 0.15) is 50.7 Å². The average molecular weight is 338 g/mol. The molecule has 0 aliphatic carbocycles. The number of rotatable bonds is 8. The van der Waals surface area contributed by atoms with Crippen LogP contribution in [0.5, 0.6) is 11.5 Å².